The van der Waals surface area contributed by atoms with Crippen LogP contribution in [0.3, 0.4) is 0 Å². The smallest absolute Gasteiger partial charge is 0.271 e. The van der Waals surface area contributed by atoms with Crippen LogP contribution in [-0.4, -0.2) is 11.3 Å². The molecular weight excluding hydrogens is 440 g/mol. The highest BCUT2D eigenvalue weighted by molar-refractivity contribution is 5.72. The average molecular weight is 463 g/mol. The second-order valence-electron chi connectivity index (χ2n) is 8.10. The van der Waals surface area contributed by atoms with Gasteiger partial charge in [0.2, 0.25) is 0 Å². The van der Waals surface area contributed by atoms with Crippen molar-refractivity contribution in [2.75, 3.05) is 10.6 Å². The van der Waals surface area contributed by atoms with Crippen molar-refractivity contribution in [3.05, 3.63) is 116 Å². The molecule has 0 radical (unpaired) electrons. The maximum absolute atomic E-state index is 13.6. The summed E-state index contributed by atoms with van der Waals surface area (Å²) >= 11 is 0. The van der Waals surface area contributed by atoms with E-state index >= 15 is 0 Å². The van der Waals surface area contributed by atoms with Crippen LogP contribution in [0.15, 0.2) is 76.3 Å². The zero-order chi connectivity index (χ0) is 24.4. The van der Waals surface area contributed by atoms with E-state index in [1.54, 1.807) is 12.1 Å². The Morgan fingerprint density at radius 2 is 1.59 bits per heavy atom. The van der Waals surface area contributed by atoms with Gasteiger partial charge in [-0.3, -0.25) is 14.9 Å². The minimum Gasteiger partial charge on any atom is -0.502 e. The van der Waals surface area contributed by atoms with Crippen molar-refractivity contribution in [3.63, 3.8) is 0 Å². The van der Waals surface area contributed by atoms with E-state index in [-0.39, 0.29) is 11.9 Å². The maximum Gasteiger partial charge on any atom is 0.271 e. The number of anilines is 3. The van der Waals surface area contributed by atoms with E-state index in [4.69, 9.17) is 0 Å². The van der Waals surface area contributed by atoms with Crippen LogP contribution < -0.4 is 26.8 Å². The first-order valence-electron chi connectivity index (χ1n) is 10.7. The third-order valence-electron chi connectivity index (χ3n) is 5.55. The molecule has 0 aliphatic carbocycles. The number of hydrogen-bond acceptors (Lipinski definition) is 6. The van der Waals surface area contributed by atoms with Crippen molar-refractivity contribution < 1.29 is 13.9 Å². The number of aromatic hydroxyl groups is 1. The molecule has 0 fully saturated rings. The Kier molecular flexibility index (Phi) is 6.43. The Labute approximate surface area is 194 Å². The molecule has 4 aromatic rings. The van der Waals surface area contributed by atoms with Crippen LogP contribution >= 0.6 is 0 Å². The average Bonchev–Trinajstić information content (AvgIpc) is 2.83. The highest BCUT2D eigenvalue weighted by Crippen LogP contribution is 2.32. The highest BCUT2D eigenvalue weighted by Gasteiger charge is 2.24. The molecule has 34 heavy (non-hydrogen) atoms. The fraction of sp³-hybridized carbons (Fsp3) is 0.154. The zero-order valence-corrected chi connectivity index (χ0v) is 18.5. The lowest BCUT2D eigenvalue weighted by Crippen LogP contribution is -2.37. The minimum atomic E-state index is -0.949. The maximum atomic E-state index is 13.6. The highest BCUT2D eigenvalue weighted by atomic mass is 19.2. The lowest BCUT2D eigenvalue weighted by molar-refractivity contribution is 0.466. The molecule has 0 bridgehead atoms. The second-order valence-corrected chi connectivity index (χ2v) is 8.10. The number of para-hydroxylation sites is 1. The number of rotatable bonds is 8. The first kappa shape index (κ1) is 23.1. The van der Waals surface area contributed by atoms with Gasteiger partial charge in [0.15, 0.2) is 17.4 Å². The van der Waals surface area contributed by atoms with Crippen molar-refractivity contribution in [3.8, 4) is 5.75 Å². The van der Waals surface area contributed by atoms with Crippen LogP contribution in [0.5, 0.6) is 5.75 Å². The van der Waals surface area contributed by atoms with Gasteiger partial charge < -0.3 is 15.7 Å². The summed E-state index contributed by atoms with van der Waals surface area (Å²) in [5.74, 6) is -2.46. The molecular formula is C26H23F2N3O3. The van der Waals surface area contributed by atoms with Crippen molar-refractivity contribution >= 4 is 17.1 Å². The number of benzene rings is 3. The molecule has 0 aromatic heterocycles. The van der Waals surface area contributed by atoms with Crippen molar-refractivity contribution in [1.29, 1.82) is 0 Å². The second kappa shape index (κ2) is 9.44. The van der Waals surface area contributed by atoms with Gasteiger partial charge in [-0.15, -0.1) is 0 Å². The van der Waals surface area contributed by atoms with E-state index in [0.717, 1.165) is 28.8 Å². The first-order chi connectivity index (χ1) is 16.2. The quantitative estimate of drug-likeness (QED) is 0.228. The van der Waals surface area contributed by atoms with Crippen LogP contribution in [-0.2, 0) is 0 Å². The Morgan fingerprint density at radius 1 is 0.882 bits per heavy atom. The summed E-state index contributed by atoms with van der Waals surface area (Å²) < 4.78 is 26.9. The van der Waals surface area contributed by atoms with Crippen LogP contribution in [0.1, 0.15) is 29.7 Å². The summed E-state index contributed by atoms with van der Waals surface area (Å²) in [5, 5.41) is 19.2. The summed E-state index contributed by atoms with van der Waals surface area (Å²) in [6, 6.07) is 18.2. The van der Waals surface area contributed by atoms with E-state index in [0.29, 0.717) is 11.4 Å². The van der Waals surface area contributed by atoms with Gasteiger partial charge in [-0.05, 0) is 43.2 Å². The van der Waals surface area contributed by atoms with Gasteiger partial charge in [-0.1, -0.05) is 48.0 Å². The normalized spacial score (nSPS) is 12.9. The van der Waals surface area contributed by atoms with E-state index in [9.17, 15) is 23.5 Å². The van der Waals surface area contributed by atoms with Crippen LogP contribution in [0, 0.1) is 18.6 Å². The zero-order valence-electron chi connectivity index (χ0n) is 18.5. The molecule has 0 heterocycles. The van der Waals surface area contributed by atoms with Crippen molar-refractivity contribution in [2.45, 2.75) is 26.1 Å². The van der Waals surface area contributed by atoms with Gasteiger partial charge in [-0.25, -0.2) is 8.78 Å². The van der Waals surface area contributed by atoms with E-state index in [2.05, 4.69) is 16.0 Å². The molecule has 2 unspecified atom stereocenters. The van der Waals surface area contributed by atoms with Crippen molar-refractivity contribution in [2.24, 2.45) is 0 Å². The monoisotopic (exact) mass is 463 g/mol. The molecule has 2 atom stereocenters. The summed E-state index contributed by atoms with van der Waals surface area (Å²) in [7, 11) is 0. The molecule has 6 nitrogen and oxygen atoms in total. The molecule has 0 aliphatic heterocycles. The van der Waals surface area contributed by atoms with Gasteiger partial charge in [0.1, 0.15) is 5.69 Å². The van der Waals surface area contributed by atoms with Gasteiger partial charge in [0, 0.05) is 17.4 Å². The lowest BCUT2D eigenvalue weighted by Gasteiger charge is -2.28. The first-order valence-corrected chi connectivity index (χ1v) is 10.7. The summed E-state index contributed by atoms with van der Waals surface area (Å²) in [6.07, 6.45) is -0.385. The molecule has 4 rings (SSSR count). The predicted molar refractivity (Wildman–Crippen MR) is 128 cm³/mol. The molecule has 4 aromatic carbocycles. The van der Waals surface area contributed by atoms with Crippen LogP contribution in [0.25, 0.3) is 0 Å². The Morgan fingerprint density at radius 3 is 2.26 bits per heavy atom. The van der Waals surface area contributed by atoms with Gasteiger partial charge in [0.05, 0.1) is 12.2 Å². The molecule has 174 valence electrons. The lowest BCUT2D eigenvalue weighted by atomic mass is 9.95. The molecule has 0 spiro atoms. The predicted octanol–water partition coefficient (Wildman–Crippen LogP) is 4.46. The van der Waals surface area contributed by atoms with E-state index in [1.807, 2.05) is 50.2 Å². The van der Waals surface area contributed by atoms with Crippen LogP contribution in [0.4, 0.5) is 25.8 Å². The fourth-order valence-electron chi connectivity index (χ4n) is 3.74. The fourth-order valence-corrected chi connectivity index (χ4v) is 3.74. The molecule has 0 amide bonds. The van der Waals surface area contributed by atoms with E-state index in [1.165, 1.54) is 6.07 Å². The van der Waals surface area contributed by atoms with E-state index < -0.39 is 34.3 Å². The number of hydrogen-bond donors (Lipinski definition) is 4. The van der Waals surface area contributed by atoms with Gasteiger partial charge >= 0.3 is 0 Å². The van der Waals surface area contributed by atoms with Crippen LogP contribution in [0.2, 0.25) is 0 Å². The third kappa shape index (κ3) is 4.67. The third-order valence-corrected chi connectivity index (χ3v) is 5.55. The van der Waals surface area contributed by atoms with Crippen molar-refractivity contribution in [1.82, 2.24) is 5.32 Å². The minimum absolute atomic E-state index is 0.145. The molecule has 4 N–H and O–H groups in total. The SMILES string of the molecule is Cc1ccc(C(NC(C)Nc2ccc(F)c(F)c2)c2ccccc2Nc2c(O)c(=O)c2=O)cc1. The summed E-state index contributed by atoms with van der Waals surface area (Å²) in [4.78, 5) is 23.3. The van der Waals surface area contributed by atoms with Gasteiger partial charge in [-0.2, -0.15) is 0 Å². The number of aryl methyl sites for hydroxylation is 1. The molecule has 0 saturated heterocycles. The van der Waals surface area contributed by atoms with Gasteiger partial charge in [0.25, 0.3) is 10.9 Å². The summed E-state index contributed by atoms with van der Waals surface area (Å²) in [5.41, 5.74) is 1.83. The molecule has 0 saturated carbocycles. The molecule has 8 heteroatoms. The largest absolute Gasteiger partial charge is 0.502 e. The Hall–Kier alpha value is -4.04. The molecule has 0 aliphatic rings. The summed E-state index contributed by atoms with van der Waals surface area (Å²) in [6.45, 7) is 3.81. The Balaban J connectivity index is 1.67. The topological polar surface area (TPSA) is 90.5 Å². The Bertz CT molecular complexity index is 1400. The standard InChI is InChI=1S/C26H23F2N3O3/c1-14-7-9-16(10-8-14)22(30-15(2)29-17-11-12-19(27)20(28)13-17)18-5-3-4-6-21(18)31-23-24(32)26(34)25(23)33/h3-13,15,22,29-32H,1-2H3. The number of nitrogens with one attached hydrogen (secondary N) is 3. The number of halogens is 2.